The minimum Gasteiger partial charge on any atom is -0.336 e. The first-order valence-corrected chi connectivity index (χ1v) is 8.84. The van der Waals surface area contributed by atoms with Gasteiger partial charge in [-0.15, -0.1) is 0 Å². The Morgan fingerprint density at radius 3 is 2.62 bits per heavy atom. The van der Waals surface area contributed by atoms with Crippen LogP contribution in [0.15, 0.2) is 48.7 Å². The highest BCUT2D eigenvalue weighted by molar-refractivity contribution is 5.96. The normalized spacial score (nSPS) is 18.0. The van der Waals surface area contributed by atoms with Gasteiger partial charge < -0.3 is 4.90 Å². The number of rotatable bonds is 4. The Morgan fingerprint density at radius 1 is 1.12 bits per heavy atom. The molecule has 2 aromatic rings. The van der Waals surface area contributed by atoms with Crippen molar-refractivity contribution in [2.75, 3.05) is 6.54 Å². The molecule has 26 heavy (non-hydrogen) atoms. The standard InChI is InChI=1S/C20H21F3N2O/c21-20(22,23)18-10-2-1-9-17(18)19(26)25-14-6-4-8-16(25)12-11-15-7-3-5-13-24-15/h1-3,5,7,9-10,13,16H,4,6,8,11-12,14H2. The Labute approximate surface area is 150 Å². The molecule has 0 saturated carbocycles. The van der Waals surface area contributed by atoms with E-state index in [1.807, 2.05) is 18.2 Å². The zero-order valence-corrected chi connectivity index (χ0v) is 14.4. The first-order chi connectivity index (χ1) is 12.5. The number of amides is 1. The molecule has 1 atom stereocenters. The van der Waals surface area contributed by atoms with Crippen LogP contribution in [0.1, 0.15) is 47.3 Å². The number of piperidine rings is 1. The quantitative estimate of drug-likeness (QED) is 0.788. The predicted octanol–water partition coefficient (Wildman–Crippen LogP) is 4.73. The molecule has 138 valence electrons. The fraction of sp³-hybridized carbons (Fsp3) is 0.400. The van der Waals surface area contributed by atoms with E-state index < -0.39 is 17.6 Å². The molecule has 0 spiro atoms. The maximum Gasteiger partial charge on any atom is 0.417 e. The molecule has 1 aromatic carbocycles. The van der Waals surface area contributed by atoms with Crippen LogP contribution in [0.4, 0.5) is 13.2 Å². The van der Waals surface area contributed by atoms with E-state index >= 15 is 0 Å². The lowest BCUT2D eigenvalue weighted by Crippen LogP contribution is -2.44. The second-order valence-electron chi connectivity index (χ2n) is 6.55. The molecule has 3 rings (SSSR count). The van der Waals surface area contributed by atoms with Gasteiger partial charge in [0.1, 0.15) is 0 Å². The number of pyridine rings is 1. The zero-order valence-electron chi connectivity index (χ0n) is 14.4. The summed E-state index contributed by atoms with van der Waals surface area (Å²) in [6.07, 6.45) is 1.21. The molecule has 1 saturated heterocycles. The molecular weight excluding hydrogens is 341 g/mol. The highest BCUT2D eigenvalue weighted by Gasteiger charge is 2.37. The molecule has 1 aromatic heterocycles. The molecule has 1 amide bonds. The monoisotopic (exact) mass is 362 g/mol. The molecule has 6 heteroatoms. The average Bonchev–Trinajstić information content (AvgIpc) is 2.66. The minimum atomic E-state index is -4.54. The SMILES string of the molecule is O=C(c1ccccc1C(F)(F)F)N1CCCCC1CCc1ccccn1. The van der Waals surface area contributed by atoms with E-state index in [0.29, 0.717) is 19.4 Å². The van der Waals surface area contributed by atoms with Crippen LogP contribution in [0.5, 0.6) is 0 Å². The van der Waals surface area contributed by atoms with E-state index in [0.717, 1.165) is 31.0 Å². The van der Waals surface area contributed by atoms with Crippen LogP contribution < -0.4 is 0 Å². The van der Waals surface area contributed by atoms with Gasteiger partial charge in [-0.3, -0.25) is 9.78 Å². The lowest BCUT2D eigenvalue weighted by Gasteiger charge is -2.36. The van der Waals surface area contributed by atoms with Crippen LogP contribution in [0.2, 0.25) is 0 Å². The number of carbonyl (C=O) groups is 1. The maximum atomic E-state index is 13.3. The molecule has 2 heterocycles. The smallest absolute Gasteiger partial charge is 0.336 e. The number of halogens is 3. The number of aromatic nitrogens is 1. The fourth-order valence-corrected chi connectivity index (χ4v) is 3.50. The number of nitrogens with zero attached hydrogens (tertiary/aromatic N) is 2. The highest BCUT2D eigenvalue weighted by atomic mass is 19.4. The van der Waals surface area contributed by atoms with Gasteiger partial charge in [0.15, 0.2) is 0 Å². The van der Waals surface area contributed by atoms with Crippen LogP contribution >= 0.6 is 0 Å². The topological polar surface area (TPSA) is 33.2 Å². The van der Waals surface area contributed by atoms with E-state index in [9.17, 15) is 18.0 Å². The Balaban J connectivity index is 1.78. The van der Waals surface area contributed by atoms with Crippen molar-refractivity contribution in [2.24, 2.45) is 0 Å². The molecule has 1 aliphatic rings. The van der Waals surface area contributed by atoms with Crippen molar-refractivity contribution in [3.05, 3.63) is 65.5 Å². The zero-order chi connectivity index (χ0) is 18.6. The molecule has 1 unspecified atom stereocenters. The van der Waals surface area contributed by atoms with Crippen molar-refractivity contribution < 1.29 is 18.0 Å². The summed E-state index contributed by atoms with van der Waals surface area (Å²) in [5.41, 5.74) is -0.190. The third-order valence-corrected chi connectivity index (χ3v) is 4.81. The Kier molecular flexibility index (Phi) is 5.59. The molecule has 0 bridgehead atoms. The summed E-state index contributed by atoms with van der Waals surface area (Å²) in [5, 5.41) is 0. The molecule has 1 fully saturated rings. The Morgan fingerprint density at radius 2 is 1.88 bits per heavy atom. The van der Waals surface area contributed by atoms with Gasteiger partial charge in [-0.1, -0.05) is 18.2 Å². The molecule has 0 N–H and O–H groups in total. The van der Waals surface area contributed by atoms with E-state index in [4.69, 9.17) is 0 Å². The highest BCUT2D eigenvalue weighted by Crippen LogP contribution is 2.33. The summed E-state index contributed by atoms with van der Waals surface area (Å²) in [6.45, 7) is 0.498. The Hall–Kier alpha value is -2.37. The number of aryl methyl sites for hydroxylation is 1. The van der Waals surface area contributed by atoms with Gasteiger partial charge >= 0.3 is 6.18 Å². The second kappa shape index (κ2) is 7.89. The third kappa shape index (κ3) is 4.23. The van der Waals surface area contributed by atoms with Crippen LogP contribution in [0.3, 0.4) is 0 Å². The molecule has 1 aliphatic heterocycles. The van der Waals surface area contributed by atoms with Crippen LogP contribution in [0, 0.1) is 0 Å². The predicted molar refractivity (Wildman–Crippen MR) is 92.7 cm³/mol. The van der Waals surface area contributed by atoms with Gasteiger partial charge in [-0.25, -0.2) is 0 Å². The van der Waals surface area contributed by atoms with Crippen molar-refractivity contribution in [2.45, 2.75) is 44.3 Å². The summed E-state index contributed by atoms with van der Waals surface area (Å²) in [5.74, 6) is -0.524. The number of benzene rings is 1. The van der Waals surface area contributed by atoms with Gasteiger partial charge in [-0.05, 0) is 56.4 Å². The largest absolute Gasteiger partial charge is 0.417 e. The van der Waals surface area contributed by atoms with Gasteiger partial charge in [0.2, 0.25) is 0 Å². The summed E-state index contributed by atoms with van der Waals surface area (Å²) in [4.78, 5) is 18.8. The summed E-state index contributed by atoms with van der Waals surface area (Å²) in [7, 11) is 0. The number of hydrogen-bond donors (Lipinski definition) is 0. The number of alkyl halides is 3. The first kappa shape index (κ1) is 18.4. The van der Waals surface area contributed by atoms with Crippen molar-refractivity contribution in [3.63, 3.8) is 0 Å². The van der Waals surface area contributed by atoms with Gasteiger partial charge in [0, 0.05) is 24.5 Å². The van der Waals surface area contributed by atoms with Gasteiger partial charge in [0.05, 0.1) is 11.1 Å². The van der Waals surface area contributed by atoms with E-state index in [2.05, 4.69) is 4.98 Å². The second-order valence-corrected chi connectivity index (χ2v) is 6.55. The van der Waals surface area contributed by atoms with Crippen molar-refractivity contribution >= 4 is 5.91 Å². The number of hydrogen-bond acceptors (Lipinski definition) is 2. The molecule has 3 nitrogen and oxygen atoms in total. The summed E-state index contributed by atoms with van der Waals surface area (Å²) >= 11 is 0. The number of carbonyl (C=O) groups excluding carboxylic acids is 1. The van der Waals surface area contributed by atoms with E-state index in [-0.39, 0.29) is 11.6 Å². The minimum absolute atomic E-state index is 0.0560. The Bertz CT molecular complexity index is 746. The van der Waals surface area contributed by atoms with Crippen molar-refractivity contribution in [1.29, 1.82) is 0 Å². The van der Waals surface area contributed by atoms with Crippen molar-refractivity contribution in [3.8, 4) is 0 Å². The number of likely N-dealkylation sites (tertiary alicyclic amines) is 1. The fourth-order valence-electron chi connectivity index (χ4n) is 3.50. The lowest BCUT2D eigenvalue weighted by molar-refractivity contribution is -0.138. The summed E-state index contributed by atoms with van der Waals surface area (Å²) in [6, 6.07) is 10.7. The maximum absolute atomic E-state index is 13.3. The van der Waals surface area contributed by atoms with Gasteiger partial charge in [-0.2, -0.15) is 13.2 Å². The van der Waals surface area contributed by atoms with E-state index in [1.54, 1.807) is 11.1 Å². The van der Waals surface area contributed by atoms with Crippen LogP contribution in [-0.4, -0.2) is 28.4 Å². The third-order valence-electron chi connectivity index (χ3n) is 4.81. The van der Waals surface area contributed by atoms with Gasteiger partial charge in [0.25, 0.3) is 5.91 Å². The molecule has 0 aliphatic carbocycles. The average molecular weight is 362 g/mol. The van der Waals surface area contributed by atoms with Crippen molar-refractivity contribution in [1.82, 2.24) is 9.88 Å². The lowest BCUT2D eigenvalue weighted by atomic mass is 9.95. The van der Waals surface area contributed by atoms with Crippen LogP contribution in [-0.2, 0) is 12.6 Å². The summed E-state index contributed by atoms with van der Waals surface area (Å²) < 4.78 is 39.8. The first-order valence-electron chi connectivity index (χ1n) is 8.84. The molecule has 0 radical (unpaired) electrons. The van der Waals surface area contributed by atoms with E-state index in [1.165, 1.54) is 18.2 Å². The van der Waals surface area contributed by atoms with Crippen LogP contribution in [0.25, 0.3) is 0 Å². The molecular formula is C20H21F3N2O.